The van der Waals surface area contributed by atoms with Gasteiger partial charge in [0.25, 0.3) is 0 Å². The lowest BCUT2D eigenvalue weighted by Crippen LogP contribution is -2.31. The summed E-state index contributed by atoms with van der Waals surface area (Å²) in [6, 6.07) is 0. The molecule has 234 valence electrons. The fourth-order valence-electron chi connectivity index (χ4n) is 6.37. The van der Waals surface area contributed by atoms with E-state index >= 15 is 0 Å². The molecular formula is C35H64O5. The molecule has 5 nitrogen and oxygen atoms in total. The van der Waals surface area contributed by atoms with Crippen LogP contribution in [0.4, 0.5) is 0 Å². The number of carbonyl (C=O) groups excluding carboxylic acids is 1. The Kier molecular flexibility index (Phi) is 20.0. The summed E-state index contributed by atoms with van der Waals surface area (Å²) in [4.78, 5) is 11.6. The third-order valence-electron chi connectivity index (χ3n) is 8.98. The molecule has 0 aliphatic carbocycles. The molecule has 2 rings (SSSR count). The van der Waals surface area contributed by atoms with Crippen LogP contribution in [0.15, 0.2) is 11.6 Å². The summed E-state index contributed by atoms with van der Waals surface area (Å²) in [5.41, 5.74) is 0.880. The summed E-state index contributed by atoms with van der Waals surface area (Å²) in [5, 5.41) is 21.1. The van der Waals surface area contributed by atoms with Crippen LogP contribution in [0.5, 0.6) is 0 Å². The first-order chi connectivity index (χ1) is 19.5. The molecule has 2 N–H and O–H groups in total. The maximum absolute atomic E-state index is 11.6. The SMILES string of the molecule is CCCCCCCCC[C@@H](O)[C@H]1CC[C@@H]([C@@H](O)CCCCCCCCCCCCCCCC2=C[C@H](C)OC2=O)O1. The van der Waals surface area contributed by atoms with Crippen molar-refractivity contribution >= 4 is 5.97 Å². The summed E-state index contributed by atoms with van der Waals surface area (Å²) >= 11 is 0. The number of cyclic esters (lactones) is 1. The predicted octanol–water partition coefficient (Wildman–Crippen LogP) is 9.12. The topological polar surface area (TPSA) is 76.0 Å². The van der Waals surface area contributed by atoms with Crippen molar-refractivity contribution in [2.24, 2.45) is 0 Å². The Morgan fingerprint density at radius 3 is 1.48 bits per heavy atom. The first-order valence-corrected chi connectivity index (χ1v) is 17.4. The van der Waals surface area contributed by atoms with Crippen molar-refractivity contribution in [1.82, 2.24) is 0 Å². The quantitative estimate of drug-likeness (QED) is 0.0809. The molecule has 2 aliphatic rings. The summed E-state index contributed by atoms with van der Waals surface area (Å²) < 4.78 is 11.2. The van der Waals surface area contributed by atoms with Gasteiger partial charge in [0.05, 0.1) is 24.4 Å². The van der Waals surface area contributed by atoms with Gasteiger partial charge in [0.2, 0.25) is 0 Å². The Morgan fingerprint density at radius 1 is 0.675 bits per heavy atom. The molecule has 0 aromatic heterocycles. The van der Waals surface area contributed by atoms with Crippen LogP contribution in [0.1, 0.15) is 174 Å². The Hall–Kier alpha value is -0.910. The maximum atomic E-state index is 11.6. The van der Waals surface area contributed by atoms with Gasteiger partial charge in [0.1, 0.15) is 6.10 Å². The molecule has 0 unspecified atom stereocenters. The van der Waals surface area contributed by atoms with Gasteiger partial charge in [-0.25, -0.2) is 4.79 Å². The number of carbonyl (C=O) groups is 1. The lowest BCUT2D eigenvalue weighted by Gasteiger charge is -2.22. The van der Waals surface area contributed by atoms with E-state index in [0.717, 1.165) is 56.9 Å². The molecule has 0 aromatic carbocycles. The lowest BCUT2D eigenvalue weighted by molar-refractivity contribution is -0.139. The third kappa shape index (κ3) is 15.9. The first-order valence-electron chi connectivity index (χ1n) is 17.4. The average Bonchev–Trinajstić information content (AvgIpc) is 3.56. The largest absolute Gasteiger partial charge is 0.455 e. The van der Waals surface area contributed by atoms with E-state index in [1.54, 1.807) is 0 Å². The van der Waals surface area contributed by atoms with Crippen LogP contribution in [0, 0.1) is 0 Å². The number of aliphatic hydroxyl groups is 2. The standard InChI is InChI=1S/C35H64O5/c1-3-4-5-6-14-18-21-24-31(36)33-26-27-34(40-33)32(37)25-22-19-16-13-11-9-7-8-10-12-15-17-20-23-30-28-29(2)39-35(30)38/h28-29,31-34,36-37H,3-27H2,1-2H3/t29-,31+,32-,33+,34-/m0/s1. The van der Waals surface area contributed by atoms with Crippen molar-refractivity contribution in [1.29, 1.82) is 0 Å². The third-order valence-corrected chi connectivity index (χ3v) is 8.98. The van der Waals surface area contributed by atoms with Gasteiger partial charge >= 0.3 is 5.97 Å². The molecular weight excluding hydrogens is 500 g/mol. The van der Waals surface area contributed by atoms with Crippen LogP contribution >= 0.6 is 0 Å². The molecule has 5 atom stereocenters. The molecule has 0 spiro atoms. The fraction of sp³-hybridized carbons (Fsp3) is 0.914. The van der Waals surface area contributed by atoms with E-state index in [0.29, 0.717) is 0 Å². The van der Waals surface area contributed by atoms with Crippen LogP contribution < -0.4 is 0 Å². The van der Waals surface area contributed by atoms with E-state index in [1.807, 2.05) is 13.0 Å². The highest BCUT2D eigenvalue weighted by Crippen LogP contribution is 2.28. The summed E-state index contributed by atoms with van der Waals surface area (Å²) in [6.07, 6.45) is 30.6. The monoisotopic (exact) mass is 564 g/mol. The highest BCUT2D eigenvalue weighted by Gasteiger charge is 2.34. The zero-order valence-electron chi connectivity index (χ0n) is 26.3. The minimum Gasteiger partial charge on any atom is -0.455 e. The van der Waals surface area contributed by atoms with E-state index in [1.165, 1.54) is 109 Å². The van der Waals surface area contributed by atoms with Gasteiger partial charge < -0.3 is 19.7 Å². The van der Waals surface area contributed by atoms with Gasteiger partial charge in [0.15, 0.2) is 0 Å². The minimum atomic E-state index is -0.379. The van der Waals surface area contributed by atoms with Gasteiger partial charge in [0, 0.05) is 5.57 Å². The zero-order valence-corrected chi connectivity index (χ0v) is 26.3. The Labute approximate surface area is 246 Å². The summed E-state index contributed by atoms with van der Waals surface area (Å²) in [6.45, 7) is 4.17. The predicted molar refractivity (Wildman–Crippen MR) is 165 cm³/mol. The van der Waals surface area contributed by atoms with Gasteiger partial charge in [-0.2, -0.15) is 0 Å². The van der Waals surface area contributed by atoms with Gasteiger partial charge in [-0.1, -0.05) is 129 Å². The van der Waals surface area contributed by atoms with Crippen LogP contribution in [0.2, 0.25) is 0 Å². The number of hydrogen-bond acceptors (Lipinski definition) is 5. The molecule has 0 aromatic rings. The molecule has 1 fully saturated rings. The molecule has 2 heterocycles. The first kappa shape index (κ1) is 35.3. The van der Waals surface area contributed by atoms with Gasteiger partial charge in [-0.15, -0.1) is 0 Å². The lowest BCUT2D eigenvalue weighted by atomic mass is 10.00. The van der Waals surface area contributed by atoms with E-state index in [9.17, 15) is 15.0 Å². The second-order valence-corrected chi connectivity index (χ2v) is 12.8. The van der Waals surface area contributed by atoms with Crippen molar-refractivity contribution in [3.8, 4) is 0 Å². The van der Waals surface area contributed by atoms with Gasteiger partial charge in [-0.05, 0) is 51.5 Å². The Bertz CT molecular complexity index is 662. The highest BCUT2D eigenvalue weighted by molar-refractivity contribution is 5.90. The molecule has 1 saturated heterocycles. The minimum absolute atomic E-state index is 0.0361. The Morgan fingerprint density at radius 2 is 1.07 bits per heavy atom. The van der Waals surface area contributed by atoms with Crippen molar-refractivity contribution in [3.05, 3.63) is 11.6 Å². The molecule has 0 amide bonds. The maximum Gasteiger partial charge on any atom is 0.334 e. The van der Waals surface area contributed by atoms with Crippen molar-refractivity contribution in [2.75, 3.05) is 0 Å². The number of unbranched alkanes of at least 4 members (excludes halogenated alkanes) is 18. The summed E-state index contributed by atoms with van der Waals surface area (Å²) in [5.74, 6) is -0.109. The number of rotatable bonds is 26. The van der Waals surface area contributed by atoms with E-state index in [4.69, 9.17) is 9.47 Å². The normalized spacial score (nSPS) is 22.4. The molecule has 0 saturated carbocycles. The van der Waals surface area contributed by atoms with E-state index < -0.39 is 0 Å². The summed E-state index contributed by atoms with van der Waals surface area (Å²) in [7, 11) is 0. The van der Waals surface area contributed by atoms with Gasteiger partial charge in [-0.3, -0.25) is 0 Å². The molecule has 2 aliphatic heterocycles. The smallest absolute Gasteiger partial charge is 0.334 e. The Balaban J connectivity index is 1.32. The number of ether oxygens (including phenoxy) is 2. The van der Waals surface area contributed by atoms with Crippen molar-refractivity contribution < 1.29 is 24.5 Å². The van der Waals surface area contributed by atoms with Crippen LogP contribution in [-0.2, 0) is 14.3 Å². The van der Waals surface area contributed by atoms with Crippen LogP contribution in [-0.4, -0.2) is 46.7 Å². The average molecular weight is 565 g/mol. The second kappa shape index (κ2) is 22.7. The molecule has 0 bridgehead atoms. The number of aliphatic hydroxyl groups excluding tert-OH is 2. The second-order valence-electron chi connectivity index (χ2n) is 12.8. The number of esters is 1. The van der Waals surface area contributed by atoms with Crippen LogP contribution in [0.25, 0.3) is 0 Å². The highest BCUT2D eigenvalue weighted by atomic mass is 16.5. The molecule has 40 heavy (non-hydrogen) atoms. The molecule has 0 radical (unpaired) electrons. The zero-order chi connectivity index (χ0) is 28.8. The molecule has 5 heteroatoms. The van der Waals surface area contributed by atoms with Crippen molar-refractivity contribution in [2.45, 2.75) is 205 Å². The van der Waals surface area contributed by atoms with E-state index in [2.05, 4.69) is 6.92 Å². The van der Waals surface area contributed by atoms with Crippen LogP contribution in [0.3, 0.4) is 0 Å². The van der Waals surface area contributed by atoms with E-state index in [-0.39, 0.29) is 36.5 Å². The number of hydrogen-bond donors (Lipinski definition) is 2. The fourth-order valence-corrected chi connectivity index (χ4v) is 6.37. The van der Waals surface area contributed by atoms with Crippen molar-refractivity contribution in [3.63, 3.8) is 0 Å².